The van der Waals surface area contributed by atoms with Crippen LogP contribution >= 0.6 is 0 Å². The van der Waals surface area contributed by atoms with Crippen molar-refractivity contribution in [3.63, 3.8) is 0 Å². The highest BCUT2D eigenvalue weighted by molar-refractivity contribution is 7.91. The molecule has 2 saturated carbocycles. The topological polar surface area (TPSA) is 144 Å². The van der Waals surface area contributed by atoms with E-state index in [0.717, 1.165) is 16.3 Å². The SMILES string of the molecule is C=CC1C[C@]1(NC(=O)C1C[C@@H](Oc2nccc3cccc(C)c23)CN1C(=O)OC(C)(C)C)C(=O)NS(=O)(=O)C1CC1. The van der Waals surface area contributed by atoms with Crippen LogP contribution in [0.25, 0.3) is 10.8 Å². The van der Waals surface area contributed by atoms with Crippen LogP contribution in [0, 0.1) is 12.8 Å². The lowest BCUT2D eigenvalue weighted by Crippen LogP contribution is -2.56. The van der Waals surface area contributed by atoms with Gasteiger partial charge in [0.25, 0.3) is 5.91 Å². The van der Waals surface area contributed by atoms with Crippen LogP contribution in [-0.4, -0.2) is 71.3 Å². The highest BCUT2D eigenvalue weighted by Crippen LogP contribution is 2.45. The van der Waals surface area contributed by atoms with Crippen LogP contribution in [0.3, 0.4) is 0 Å². The number of aromatic nitrogens is 1. The molecule has 2 heterocycles. The number of nitrogens with zero attached hydrogens (tertiary/aromatic N) is 2. The molecule has 41 heavy (non-hydrogen) atoms. The summed E-state index contributed by atoms with van der Waals surface area (Å²) in [6.45, 7) is 10.9. The molecule has 1 aliphatic heterocycles. The van der Waals surface area contributed by atoms with Gasteiger partial charge in [-0.1, -0.05) is 24.3 Å². The number of aryl methyl sites for hydroxylation is 1. The van der Waals surface area contributed by atoms with E-state index in [1.807, 2.05) is 31.2 Å². The third-order valence-corrected chi connectivity index (χ3v) is 9.50. The average molecular weight is 585 g/mol. The fourth-order valence-corrected chi connectivity index (χ4v) is 6.66. The number of hydrogen-bond donors (Lipinski definition) is 2. The number of nitrogens with one attached hydrogen (secondary N) is 2. The van der Waals surface area contributed by atoms with Gasteiger partial charge in [0.2, 0.25) is 21.8 Å². The van der Waals surface area contributed by atoms with E-state index in [2.05, 4.69) is 21.6 Å². The lowest BCUT2D eigenvalue weighted by molar-refractivity contribution is -0.131. The molecule has 12 heteroatoms. The summed E-state index contributed by atoms with van der Waals surface area (Å²) in [6.07, 6.45) is 3.17. The van der Waals surface area contributed by atoms with Crippen LogP contribution in [0.1, 0.15) is 52.0 Å². The van der Waals surface area contributed by atoms with Crippen LogP contribution in [0.4, 0.5) is 4.79 Å². The summed E-state index contributed by atoms with van der Waals surface area (Å²) in [5.74, 6) is -1.46. The van der Waals surface area contributed by atoms with E-state index >= 15 is 0 Å². The van der Waals surface area contributed by atoms with Crippen LogP contribution in [-0.2, 0) is 24.3 Å². The second-order valence-electron chi connectivity index (χ2n) is 12.1. The van der Waals surface area contributed by atoms with Gasteiger partial charge in [0.1, 0.15) is 23.3 Å². The molecule has 2 aliphatic carbocycles. The lowest BCUT2D eigenvalue weighted by atomic mass is 10.1. The van der Waals surface area contributed by atoms with Gasteiger partial charge < -0.3 is 14.8 Å². The van der Waals surface area contributed by atoms with E-state index in [9.17, 15) is 22.8 Å². The summed E-state index contributed by atoms with van der Waals surface area (Å²) in [7, 11) is -3.82. The van der Waals surface area contributed by atoms with Gasteiger partial charge in [-0.15, -0.1) is 6.58 Å². The van der Waals surface area contributed by atoms with E-state index in [-0.39, 0.29) is 19.4 Å². The zero-order valence-electron chi connectivity index (χ0n) is 23.7. The standard InChI is InChI=1S/C29H36N4O7S/c1-6-19-15-29(19,26(35)32-41(37,38)21-10-11-21)31-24(34)22-14-20(16-33(22)27(36)40-28(3,4)5)39-25-23-17(2)8-7-9-18(23)12-13-30-25/h6-9,12-13,19-22H,1,10-11,14-16H2,2-5H3,(H,31,34)(H,32,35)/t19?,20-,22?,29-/m1/s1. The molecule has 220 valence electrons. The van der Waals surface area contributed by atoms with Crippen LogP contribution in [0.15, 0.2) is 43.1 Å². The van der Waals surface area contributed by atoms with Gasteiger partial charge in [0.05, 0.1) is 11.8 Å². The number of ether oxygens (including phenoxy) is 2. The van der Waals surface area contributed by atoms with Gasteiger partial charge in [0.15, 0.2) is 0 Å². The van der Waals surface area contributed by atoms with Crippen LogP contribution in [0.5, 0.6) is 5.88 Å². The van der Waals surface area contributed by atoms with Crippen LogP contribution < -0.4 is 14.8 Å². The van der Waals surface area contributed by atoms with Crippen molar-refractivity contribution in [2.75, 3.05) is 6.54 Å². The van der Waals surface area contributed by atoms with Crippen molar-refractivity contribution in [3.8, 4) is 5.88 Å². The molecule has 1 aromatic carbocycles. The minimum absolute atomic E-state index is 0.0527. The predicted octanol–water partition coefficient (Wildman–Crippen LogP) is 2.97. The predicted molar refractivity (Wildman–Crippen MR) is 152 cm³/mol. The molecule has 11 nitrogen and oxygen atoms in total. The van der Waals surface area contributed by atoms with Gasteiger partial charge >= 0.3 is 6.09 Å². The average Bonchev–Trinajstić information content (AvgIpc) is 3.80. The number of fused-ring (bicyclic) bond motifs is 1. The van der Waals surface area contributed by atoms with Crippen molar-refractivity contribution >= 4 is 38.7 Å². The van der Waals surface area contributed by atoms with Crippen molar-refractivity contribution < 1.29 is 32.3 Å². The number of likely N-dealkylation sites (tertiary alicyclic amines) is 1. The third kappa shape index (κ3) is 5.88. The second-order valence-corrected chi connectivity index (χ2v) is 14.1. The zero-order valence-corrected chi connectivity index (χ0v) is 24.5. The van der Waals surface area contributed by atoms with Gasteiger partial charge in [-0.05, 0) is 64.0 Å². The summed E-state index contributed by atoms with van der Waals surface area (Å²) in [6, 6.07) is 6.70. The van der Waals surface area contributed by atoms with Crippen molar-refractivity contribution in [1.29, 1.82) is 0 Å². The molecule has 0 bridgehead atoms. The first-order valence-electron chi connectivity index (χ1n) is 13.8. The lowest BCUT2D eigenvalue weighted by Gasteiger charge is -2.29. The molecule has 1 aromatic heterocycles. The summed E-state index contributed by atoms with van der Waals surface area (Å²) >= 11 is 0. The van der Waals surface area contributed by atoms with Crippen LogP contribution in [0.2, 0.25) is 0 Å². The molecule has 0 radical (unpaired) electrons. The highest BCUT2D eigenvalue weighted by Gasteiger charge is 2.62. The number of pyridine rings is 1. The molecule has 3 fully saturated rings. The van der Waals surface area contributed by atoms with Gasteiger partial charge in [0, 0.05) is 23.9 Å². The molecule has 1 saturated heterocycles. The minimum Gasteiger partial charge on any atom is -0.472 e. The number of sulfonamides is 1. The molecule has 4 atom stereocenters. The van der Waals surface area contributed by atoms with E-state index in [1.165, 1.54) is 11.0 Å². The monoisotopic (exact) mass is 584 g/mol. The third-order valence-electron chi connectivity index (χ3n) is 7.69. The Balaban J connectivity index is 1.38. The molecular formula is C29H36N4O7S. The minimum atomic E-state index is -3.82. The number of carbonyl (C=O) groups is 3. The van der Waals surface area contributed by atoms with E-state index < -0.39 is 62.4 Å². The van der Waals surface area contributed by atoms with Crippen molar-refractivity contribution in [2.45, 2.75) is 81.9 Å². The molecule has 5 rings (SSSR count). The number of amides is 3. The maximum atomic E-state index is 13.7. The molecular weight excluding hydrogens is 548 g/mol. The summed E-state index contributed by atoms with van der Waals surface area (Å²) in [4.78, 5) is 45.8. The Bertz CT molecular complexity index is 1510. The first-order chi connectivity index (χ1) is 19.2. The molecule has 2 N–H and O–H groups in total. The first kappa shape index (κ1) is 28.8. The molecule has 2 aromatic rings. The van der Waals surface area contributed by atoms with Crippen molar-refractivity contribution in [3.05, 3.63) is 48.7 Å². The Labute approximate surface area is 239 Å². The number of hydrogen-bond acceptors (Lipinski definition) is 8. The molecule has 3 aliphatic rings. The Morgan fingerprint density at radius 1 is 1.20 bits per heavy atom. The largest absolute Gasteiger partial charge is 0.472 e. The summed E-state index contributed by atoms with van der Waals surface area (Å²) in [5, 5.41) is 3.95. The van der Waals surface area contributed by atoms with E-state index in [4.69, 9.17) is 9.47 Å². The quantitative estimate of drug-likeness (QED) is 0.451. The first-order valence-corrected chi connectivity index (χ1v) is 15.3. The smallest absolute Gasteiger partial charge is 0.411 e. The Morgan fingerprint density at radius 2 is 1.93 bits per heavy atom. The Morgan fingerprint density at radius 3 is 2.56 bits per heavy atom. The Kier molecular flexibility index (Phi) is 7.25. The number of benzene rings is 1. The fourth-order valence-electron chi connectivity index (χ4n) is 5.29. The fraction of sp³-hybridized carbons (Fsp3) is 0.517. The molecule has 2 unspecified atom stereocenters. The van der Waals surface area contributed by atoms with E-state index in [0.29, 0.717) is 18.7 Å². The molecule has 3 amide bonds. The number of carbonyl (C=O) groups excluding carboxylic acids is 3. The second kappa shape index (κ2) is 10.3. The zero-order chi connectivity index (χ0) is 29.7. The summed E-state index contributed by atoms with van der Waals surface area (Å²) < 4.78 is 38.9. The normalized spacial score (nSPS) is 25.9. The van der Waals surface area contributed by atoms with Gasteiger partial charge in [-0.3, -0.25) is 19.2 Å². The maximum Gasteiger partial charge on any atom is 0.411 e. The highest BCUT2D eigenvalue weighted by atomic mass is 32.2. The summed E-state index contributed by atoms with van der Waals surface area (Å²) in [5.41, 5.74) is -1.30. The molecule has 0 spiro atoms. The van der Waals surface area contributed by atoms with Crippen molar-refractivity contribution in [1.82, 2.24) is 19.9 Å². The van der Waals surface area contributed by atoms with Gasteiger partial charge in [-0.25, -0.2) is 18.2 Å². The van der Waals surface area contributed by atoms with E-state index in [1.54, 1.807) is 27.0 Å². The number of rotatable bonds is 8. The van der Waals surface area contributed by atoms with Crippen molar-refractivity contribution in [2.24, 2.45) is 5.92 Å². The maximum absolute atomic E-state index is 13.7. The Hall–Kier alpha value is -3.67. The van der Waals surface area contributed by atoms with Gasteiger partial charge in [-0.2, -0.15) is 0 Å².